The van der Waals surface area contributed by atoms with Gasteiger partial charge in [-0.15, -0.1) is 0 Å². The molecule has 1 N–H and O–H groups in total. The molecule has 1 aromatic rings. The molecule has 0 unspecified atom stereocenters. The van der Waals surface area contributed by atoms with Gasteiger partial charge in [-0.05, 0) is 31.1 Å². The zero-order valence-electron chi connectivity index (χ0n) is 8.98. The third-order valence-corrected chi connectivity index (χ3v) is 2.49. The summed E-state index contributed by atoms with van der Waals surface area (Å²) < 4.78 is 0. The van der Waals surface area contributed by atoms with Crippen LogP contribution in [0.4, 0.5) is 5.69 Å². The maximum Gasteiger partial charge on any atom is 0.0541 e. The number of anilines is 1. The van der Waals surface area contributed by atoms with Crippen molar-refractivity contribution >= 4 is 5.69 Å². The van der Waals surface area contributed by atoms with Crippen LogP contribution in [0, 0.1) is 0 Å². The lowest BCUT2D eigenvalue weighted by molar-refractivity contribution is 0.477. The molecule has 2 nitrogen and oxygen atoms in total. The van der Waals surface area contributed by atoms with Gasteiger partial charge in [-0.3, -0.25) is 10.4 Å². The fourth-order valence-corrected chi connectivity index (χ4v) is 1.65. The molecule has 2 heteroatoms. The lowest BCUT2D eigenvalue weighted by Crippen LogP contribution is -2.25. The summed E-state index contributed by atoms with van der Waals surface area (Å²) in [6, 6.07) is 10.2. The average Bonchev–Trinajstić information content (AvgIpc) is 2.31. The van der Waals surface area contributed by atoms with Gasteiger partial charge >= 0.3 is 0 Å². The Morgan fingerprint density at radius 2 is 2.00 bits per heavy atom. The van der Waals surface area contributed by atoms with Crippen molar-refractivity contribution in [3.63, 3.8) is 0 Å². The van der Waals surface area contributed by atoms with E-state index < -0.39 is 0 Å². The van der Waals surface area contributed by atoms with Crippen molar-refractivity contribution < 1.29 is 0 Å². The van der Waals surface area contributed by atoms with Crippen LogP contribution in [-0.2, 0) is 0 Å². The number of para-hydroxylation sites is 1. The summed E-state index contributed by atoms with van der Waals surface area (Å²) in [5.41, 5.74) is 5.78. The summed E-state index contributed by atoms with van der Waals surface area (Å²) in [7, 11) is 2.05. The first-order valence-electron chi connectivity index (χ1n) is 5.27. The van der Waals surface area contributed by atoms with Crippen molar-refractivity contribution in [3.05, 3.63) is 54.3 Å². The van der Waals surface area contributed by atoms with E-state index in [4.69, 9.17) is 0 Å². The summed E-state index contributed by atoms with van der Waals surface area (Å²) in [4.78, 5) is 0. The van der Waals surface area contributed by atoms with E-state index in [0.717, 1.165) is 18.5 Å². The van der Waals surface area contributed by atoms with Gasteiger partial charge in [0.2, 0.25) is 0 Å². The second-order valence-electron chi connectivity index (χ2n) is 3.66. The molecule has 0 fully saturated rings. The van der Waals surface area contributed by atoms with E-state index in [0.29, 0.717) is 0 Å². The third-order valence-electron chi connectivity index (χ3n) is 2.49. The number of rotatable bonds is 3. The van der Waals surface area contributed by atoms with E-state index in [1.807, 2.05) is 18.2 Å². The Labute approximate surface area is 90.9 Å². The van der Waals surface area contributed by atoms with Crippen LogP contribution in [0.15, 0.2) is 54.3 Å². The second kappa shape index (κ2) is 4.69. The van der Waals surface area contributed by atoms with Gasteiger partial charge in [0, 0.05) is 12.7 Å². The van der Waals surface area contributed by atoms with Crippen molar-refractivity contribution in [2.45, 2.75) is 12.8 Å². The van der Waals surface area contributed by atoms with Gasteiger partial charge in [0.1, 0.15) is 0 Å². The molecule has 15 heavy (non-hydrogen) atoms. The molecule has 1 aliphatic rings. The van der Waals surface area contributed by atoms with Crippen molar-refractivity contribution in [1.82, 2.24) is 5.01 Å². The first kappa shape index (κ1) is 9.84. The fraction of sp³-hybridized carbons (Fsp3) is 0.231. The van der Waals surface area contributed by atoms with Gasteiger partial charge in [-0.2, -0.15) is 0 Å². The zero-order chi connectivity index (χ0) is 10.5. The quantitative estimate of drug-likeness (QED) is 0.754. The Hall–Kier alpha value is -1.70. The standard InChI is InChI=1S/C13H16N2/c1-15(13-10-6-3-7-11-13)14-12-8-4-2-5-9-12/h2-6,8-10,14H,7,11H2,1H3. The lowest BCUT2D eigenvalue weighted by Gasteiger charge is -2.25. The van der Waals surface area contributed by atoms with Crippen LogP contribution in [0.3, 0.4) is 0 Å². The van der Waals surface area contributed by atoms with Crippen molar-refractivity contribution in [2.75, 3.05) is 12.5 Å². The van der Waals surface area contributed by atoms with E-state index in [1.165, 1.54) is 5.70 Å². The Bertz CT molecular complexity index is 365. The molecule has 0 amide bonds. The van der Waals surface area contributed by atoms with Gasteiger partial charge in [0.25, 0.3) is 0 Å². The van der Waals surface area contributed by atoms with Crippen LogP contribution in [0.2, 0.25) is 0 Å². The van der Waals surface area contributed by atoms with E-state index in [1.54, 1.807) is 0 Å². The van der Waals surface area contributed by atoms with Crippen LogP contribution in [0.5, 0.6) is 0 Å². The Morgan fingerprint density at radius 1 is 1.20 bits per heavy atom. The highest BCUT2D eigenvalue weighted by atomic mass is 15.5. The Balaban J connectivity index is 2.00. The molecule has 0 spiro atoms. The molecule has 0 heterocycles. The molecule has 0 atom stereocenters. The first-order chi connectivity index (χ1) is 7.36. The van der Waals surface area contributed by atoms with Gasteiger partial charge < -0.3 is 0 Å². The molecular formula is C13H16N2. The number of benzene rings is 1. The number of allylic oxidation sites excluding steroid dienone is 4. The molecule has 2 rings (SSSR count). The third kappa shape index (κ3) is 2.62. The monoisotopic (exact) mass is 200 g/mol. The van der Waals surface area contributed by atoms with Crippen molar-refractivity contribution in [2.24, 2.45) is 0 Å². The lowest BCUT2D eigenvalue weighted by atomic mass is 10.1. The number of hydrogen-bond acceptors (Lipinski definition) is 2. The molecule has 1 aromatic carbocycles. The summed E-state index contributed by atoms with van der Waals surface area (Å²) in [5, 5.41) is 2.08. The fourth-order valence-electron chi connectivity index (χ4n) is 1.65. The molecule has 0 saturated heterocycles. The van der Waals surface area contributed by atoms with Crippen LogP contribution in [-0.4, -0.2) is 12.1 Å². The van der Waals surface area contributed by atoms with E-state index in [9.17, 15) is 0 Å². The summed E-state index contributed by atoms with van der Waals surface area (Å²) in [6.45, 7) is 0. The number of nitrogens with one attached hydrogen (secondary N) is 1. The zero-order valence-corrected chi connectivity index (χ0v) is 8.98. The van der Waals surface area contributed by atoms with Gasteiger partial charge in [-0.1, -0.05) is 30.4 Å². The van der Waals surface area contributed by atoms with Gasteiger partial charge in [-0.25, -0.2) is 0 Å². The number of nitrogens with zero attached hydrogens (tertiary/aromatic N) is 1. The number of hydrogen-bond donors (Lipinski definition) is 1. The highest BCUT2D eigenvalue weighted by Gasteiger charge is 2.04. The predicted molar refractivity (Wildman–Crippen MR) is 64.3 cm³/mol. The van der Waals surface area contributed by atoms with Crippen LogP contribution >= 0.6 is 0 Å². The van der Waals surface area contributed by atoms with E-state index >= 15 is 0 Å². The summed E-state index contributed by atoms with van der Waals surface area (Å²) in [5.74, 6) is 0. The predicted octanol–water partition coefficient (Wildman–Crippen LogP) is 3.18. The Morgan fingerprint density at radius 3 is 2.67 bits per heavy atom. The van der Waals surface area contributed by atoms with Crippen LogP contribution in [0.25, 0.3) is 0 Å². The maximum absolute atomic E-state index is 3.34. The highest BCUT2D eigenvalue weighted by molar-refractivity contribution is 5.42. The molecule has 1 aliphatic carbocycles. The van der Waals surface area contributed by atoms with Crippen LogP contribution < -0.4 is 5.43 Å². The van der Waals surface area contributed by atoms with E-state index in [2.05, 4.69) is 47.8 Å². The van der Waals surface area contributed by atoms with Gasteiger partial charge in [0.15, 0.2) is 0 Å². The van der Waals surface area contributed by atoms with Crippen molar-refractivity contribution in [3.8, 4) is 0 Å². The van der Waals surface area contributed by atoms with Gasteiger partial charge in [0.05, 0.1) is 5.69 Å². The largest absolute Gasteiger partial charge is 0.299 e. The van der Waals surface area contributed by atoms with Crippen molar-refractivity contribution in [1.29, 1.82) is 0 Å². The molecule has 0 aliphatic heterocycles. The van der Waals surface area contributed by atoms with Crippen LogP contribution in [0.1, 0.15) is 12.8 Å². The smallest absolute Gasteiger partial charge is 0.0541 e. The minimum Gasteiger partial charge on any atom is -0.299 e. The molecular weight excluding hydrogens is 184 g/mol. The highest BCUT2D eigenvalue weighted by Crippen LogP contribution is 2.16. The summed E-state index contributed by atoms with van der Waals surface area (Å²) >= 11 is 0. The summed E-state index contributed by atoms with van der Waals surface area (Å²) in [6.07, 6.45) is 8.70. The molecule has 78 valence electrons. The topological polar surface area (TPSA) is 15.3 Å². The molecule has 0 aromatic heterocycles. The SMILES string of the molecule is CN(Nc1ccccc1)C1=CC=CCC1. The molecule has 0 bridgehead atoms. The molecule has 0 radical (unpaired) electrons. The Kier molecular flexibility index (Phi) is 3.08. The minimum atomic E-state index is 1.10. The number of hydrazine groups is 1. The maximum atomic E-state index is 3.34. The normalized spacial score (nSPS) is 14.6. The van der Waals surface area contributed by atoms with E-state index in [-0.39, 0.29) is 0 Å². The average molecular weight is 200 g/mol. The minimum absolute atomic E-state index is 1.10. The second-order valence-corrected chi connectivity index (χ2v) is 3.66. The first-order valence-corrected chi connectivity index (χ1v) is 5.27. The molecule has 0 saturated carbocycles.